The Bertz CT molecular complexity index is 696. The molecule has 0 N–H and O–H groups in total. The summed E-state index contributed by atoms with van der Waals surface area (Å²) >= 11 is 1.74. The van der Waals surface area contributed by atoms with Crippen molar-refractivity contribution in [2.45, 2.75) is 31.6 Å². The monoisotopic (exact) mass is 296 g/mol. The summed E-state index contributed by atoms with van der Waals surface area (Å²) in [6.45, 7) is 6.02. The van der Waals surface area contributed by atoms with Crippen molar-refractivity contribution in [2.75, 3.05) is 0 Å². The second-order valence-electron chi connectivity index (χ2n) is 4.38. The number of hydrogen-bond donors (Lipinski definition) is 0. The Kier molecular flexibility index (Phi) is 5.76. The van der Waals surface area contributed by atoms with E-state index in [1.807, 2.05) is 51.1 Å². The Hall–Kier alpha value is -1.87. The molecule has 0 aliphatic carbocycles. The van der Waals surface area contributed by atoms with Crippen molar-refractivity contribution >= 4 is 22.8 Å². The highest BCUT2D eigenvalue weighted by Gasteiger charge is 2.05. The van der Waals surface area contributed by atoms with Crippen LogP contribution in [0.2, 0.25) is 0 Å². The predicted octanol–water partition coefficient (Wildman–Crippen LogP) is 5.26. The van der Waals surface area contributed by atoms with Crippen LogP contribution < -0.4 is 0 Å². The second-order valence-corrected chi connectivity index (χ2v) is 5.34. The molecule has 0 saturated carbocycles. The highest BCUT2D eigenvalue weighted by Crippen LogP contribution is 2.25. The Morgan fingerprint density at radius 2 is 1.38 bits per heavy atom. The Labute approximate surface area is 130 Å². The smallest absolute Gasteiger partial charge is 0.118 e. The predicted molar refractivity (Wildman–Crippen MR) is 91.6 cm³/mol. The summed E-state index contributed by atoms with van der Waals surface area (Å²) in [4.78, 5) is 9.29. The number of benzene rings is 2. The van der Waals surface area contributed by atoms with E-state index in [9.17, 15) is 0 Å². The summed E-state index contributed by atoms with van der Waals surface area (Å²) in [5.74, 6) is 0.925. The zero-order valence-electron chi connectivity index (χ0n) is 12.7. The molecule has 2 nitrogen and oxygen atoms in total. The van der Waals surface area contributed by atoms with Crippen molar-refractivity contribution < 1.29 is 0 Å². The van der Waals surface area contributed by atoms with Gasteiger partial charge in [0.25, 0.3) is 0 Å². The number of rotatable bonds is 3. The molecule has 0 bridgehead atoms. The van der Waals surface area contributed by atoms with E-state index in [1.54, 1.807) is 11.8 Å². The average molecular weight is 296 g/mol. The molecule has 2 aromatic carbocycles. The van der Waals surface area contributed by atoms with Crippen molar-refractivity contribution in [1.82, 2.24) is 9.97 Å². The van der Waals surface area contributed by atoms with Crippen molar-refractivity contribution in [3.8, 4) is 0 Å². The number of nitrogens with zero attached hydrogens (tertiary/aromatic N) is 2. The minimum Gasteiger partial charge on any atom is -0.249 e. The van der Waals surface area contributed by atoms with Crippen molar-refractivity contribution in [2.24, 2.45) is 0 Å². The van der Waals surface area contributed by atoms with Crippen LogP contribution in [0.15, 0.2) is 59.6 Å². The SMILES string of the molecule is CC.Cc1nc2ccccc2nc1SCc1ccccc1. The maximum atomic E-state index is 4.69. The first kappa shape index (κ1) is 15.5. The van der Waals surface area contributed by atoms with E-state index in [0.717, 1.165) is 27.5 Å². The molecule has 1 heterocycles. The van der Waals surface area contributed by atoms with Crippen molar-refractivity contribution in [3.63, 3.8) is 0 Å². The molecule has 1 aromatic heterocycles. The normalized spacial score (nSPS) is 10.0. The summed E-state index contributed by atoms with van der Waals surface area (Å²) in [5, 5.41) is 1.02. The molecular formula is C18H20N2S. The standard InChI is InChI=1S/C16H14N2S.C2H6/c1-12-16(19-11-13-7-3-2-4-8-13)18-15-10-6-5-9-14(15)17-12;1-2/h2-10H,11H2,1H3;1-2H3. The lowest BCUT2D eigenvalue weighted by Gasteiger charge is -2.06. The number of aryl methyl sites for hydroxylation is 1. The fourth-order valence-corrected chi connectivity index (χ4v) is 2.85. The lowest BCUT2D eigenvalue weighted by molar-refractivity contribution is 1.04. The third-order valence-corrected chi connectivity index (χ3v) is 4.06. The van der Waals surface area contributed by atoms with Gasteiger partial charge in [0.1, 0.15) is 5.03 Å². The molecule has 0 aliphatic heterocycles. The summed E-state index contributed by atoms with van der Waals surface area (Å²) in [7, 11) is 0. The number of hydrogen-bond acceptors (Lipinski definition) is 3. The van der Waals surface area contributed by atoms with Gasteiger partial charge >= 0.3 is 0 Å². The number of fused-ring (bicyclic) bond motifs is 1. The lowest BCUT2D eigenvalue weighted by Crippen LogP contribution is -1.93. The van der Waals surface area contributed by atoms with Gasteiger partial charge in [-0.25, -0.2) is 9.97 Å². The quantitative estimate of drug-likeness (QED) is 0.617. The van der Waals surface area contributed by atoms with Crippen molar-refractivity contribution in [3.05, 3.63) is 65.9 Å². The highest BCUT2D eigenvalue weighted by atomic mass is 32.2. The molecule has 0 aliphatic rings. The van der Waals surface area contributed by atoms with Crippen LogP contribution in [0.25, 0.3) is 11.0 Å². The molecule has 3 aromatic rings. The van der Waals surface area contributed by atoms with Gasteiger partial charge in [0.2, 0.25) is 0 Å². The first-order valence-electron chi connectivity index (χ1n) is 7.23. The van der Waals surface area contributed by atoms with Crippen LogP contribution in [-0.4, -0.2) is 9.97 Å². The van der Waals surface area contributed by atoms with Gasteiger partial charge in [0.15, 0.2) is 0 Å². The largest absolute Gasteiger partial charge is 0.249 e. The minimum absolute atomic E-state index is 0.925. The maximum Gasteiger partial charge on any atom is 0.118 e. The first-order chi connectivity index (χ1) is 10.3. The van der Waals surface area contributed by atoms with Gasteiger partial charge in [-0.15, -0.1) is 0 Å². The van der Waals surface area contributed by atoms with Crippen LogP contribution in [-0.2, 0) is 5.75 Å². The van der Waals surface area contributed by atoms with E-state index in [1.165, 1.54) is 5.56 Å². The first-order valence-corrected chi connectivity index (χ1v) is 8.21. The van der Waals surface area contributed by atoms with Gasteiger partial charge < -0.3 is 0 Å². The van der Waals surface area contributed by atoms with Crippen LogP contribution in [0.5, 0.6) is 0 Å². The van der Waals surface area contributed by atoms with Crippen LogP contribution in [0.3, 0.4) is 0 Å². The van der Waals surface area contributed by atoms with E-state index in [-0.39, 0.29) is 0 Å². The molecule has 0 amide bonds. The van der Waals surface area contributed by atoms with Gasteiger partial charge in [-0.3, -0.25) is 0 Å². The summed E-state index contributed by atoms with van der Waals surface area (Å²) in [5.41, 5.74) is 4.23. The molecular weight excluding hydrogens is 276 g/mol. The molecule has 0 unspecified atom stereocenters. The summed E-state index contributed by atoms with van der Waals surface area (Å²) < 4.78 is 0. The van der Waals surface area contributed by atoms with E-state index in [2.05, 4.69) is 29.2 Å². The van der Waals surface area contributed by atoms with E-state index >= 15 is 0 Å². The number of aromatic nitrogens is 2. The van der Waals surface area contributed by atoms with Crippen LogP contribution in [0.1, 0.15) is 25.1 Å². The van der Waals surface area contributed by atoms with Crippen LogP contribution >= 0.6 is 11.8 Å². The molecule has 3 rings (SSSR count). The van der Waals surface area contributed by atoms with Crippen LogP contribution in [0.4, 0.5) is 0 Å². The van der Waals surface area contributed by atoms with Gasteiger partial charge in [-0.05, 0) is 24.6 Å². The highest BCUT2D eigenvalue weighted by molar-refractivity contribution is 7.98. The molecule has 0 spiro atoms. The minimum atomic E-state index is 0.925. The van der Waals surface area contributed by atoms with Gasteiger partial charge in [-0.2, -0.15) is 0 Å². The fraction of sp³-hybridized carbons (Fsp3) is 0.222. The Balaban J connectivity index is 0.000000774. The lowest BCUT2D eigenvalue weighted by atomic mass is 10.2. The average Bonchev–Trinajstić information content (AvgIpc) is 2.56. The Morgan fingerprint density at radius 3 is 2.05 bits per heavy atom. The molecule has 21 heavy (non-hydrogen) atoms. The maximum absolute atomic E-state index is 4.69. The Morgan fingerprint density at radius 1 is 0.810 bits per heavy atom. The van der Waals surface area contributed by atoms with E-state index in [4.69, 9.17) is 4.98 Å². The molecule has 0 fully saturated rings. The van der Waals surface area contributed by atoms with Crippen LogP contribution in [0, 0.1) is 6.92 Å². The molecule has 0 atom stereocenters. The third-order valence-electron chi connectivity index (χ3n) is 2.92. The molecule has 0 radical (unpaired) electrons. The van der Waals surface area contributed by atoms with Gasteiger partial charge in [0.05, 0.1) is 16.7 Å². The second kappa shape index (κ2) is 7.79. The topological polar surface area (TPSA) is 25.8 Å². The van der Waals surface area contributed by atoms with Gasteiger partial charge in [-0.1, -0.05) is 68.1 Å². The molecule has 0 saturated heterocycles. The zero-order valence-corrected chi connectivity index (χ0v) is 13.5. The third kappa shape index (κ3) is 4.05. The summed E-state index contributed by atoms with van der Waals surface area (Å²) in [6.07, 6.45) is 0. The number of para-hydroxylation sites is 2. The van der Waals surface area contributed by atoms with E-state index < -0.39 is 0 Å². The molecule has 3 heteroatoms. The molecule has 108 valence electrons. The van der Waals surface area contributed by atoms with Gasteiger partial charge in [0, 0.05) is 5.75 Å². The zero-order chi connectivity index (χ0) is 15.1. The summed E-state index contributed by atoms with van der Waals surface area (Å²) in [6, 6.07) is 18.4. The number of thioether (sulfide) groups is 1. The fourth-order valence-electron chi connectivity index (χ4n) is 1.93. The van der Waals surface area contributed by atoms with E-state index in [0.29, 0.717) is 0 Å². The van der Waals surface area contributed by atoms with Crippen molar-refractivity contribution in [1.29, 1.82) is 0 Å².